The number of hydrogen-bond acceptors (Lipinski definition) is 5. The van der Waals surface area contributed by atoms with Crippen LogP contribution in [0, 0.1) is 0 Å². The van der Waals surface area contributed by atoms with Crippen molar-refractivity contribution in [1.29, 1.82) is 0 Å². The molecule has 2 aromatic heterocycles. The number of carboxylic acids is 1. The van der Waals surface area contributed by atoms with E-state index in [0.717, 1.165) is 0 Å². The Kier molecular flexibility index (Phi) is 8.77. The topological polar surface area (TPSA) is 118 Å². The molecular weight excluding hydrogens is 451 g/mol. The van der Waals surface area contributed by atoms with Gasteiger partial charge in [0.25, 0.3) is 5.91 Å². The van der Waals surface area contributed by atoms with Crippen molar-refractivity contribution in [1.82, 2.24) is 9.72 Å². The number of nitrogens with zero attached hydrogens (tertiary/aromatic N) is 2. The van der Waals surface area contributed by atoms with Crippen molar-refractivity contribution in [3.05, 3.63) is 53.5 Å². The van der Waals surface area contributed by atoms with Crippen molar-refractivity contribution < 1.29 is 33.1 Å². The fourth-order valence-corrected chi connectivity index (χ4v) is 3.15. The number of rotatable bonds is 8. The molecule has 11 heteroatoms. The molecule has 3 N–H and O–H groups in total. The number of benzene rings is 1. The molecule has 2 heterocycles. The molecule has 0 aliphatic carbocycles. The summed E-state index contributed by atoms with van der Waals surface area (Å²) < 4.78 is 36.1. The molecule has 166 valence electrons. The van der Waals surface area contributed by atoms with Gasteiger partial charge in [-0.1, -0.05) is 12.1 Å². The number of nitrogens with one attached hydrogen (secondary N) is 1. The van der Waals surface area contributed by atoms with Gasteiger partial charge < -0.3 is 24.6 Å². The molecule has 0 saturated carbocycles. The zero-order valence-electron chi connectivity index (χ0n) is 16.9. The van der Waals surface area contributed by atoms with Crippen LogP contribution < -0.4 is 5.32 Å². The summed E-state index contributed by atoms with van der Waals surface area (Å²) in [6.07, 6.45) is 1.86. The zero-order valence-corrected chi connectivity index (χ0v) is 16.9. The number of halogens is 2. The van der Waals surface area contributed by atoms with E-state index in [1.54, 1.807) is 26.0 Å². The first kappa shape index (κ1) is 26.2. The number of hydrogen-bond donors (Lipinski definition) is 3. The van der Waals surface area contributed by atoms with Gasteiger partial charge in [0.2, 0.25) is 0 Å². The maximum absolute atomic E-state index is 14.7. The zero-order chi connectivity index (χ0) is 22.8. The molecule has 32 heavy (non-hydrogen) atoms. The van der Waals surface area contributed by atoms with Crippen LogP contribution in [0.1, 0.15) is 35.5 Å². The van der Waals surface area contributed by atoms with Crippen LogP contribution in [0.2, 0.25) is 0 Å². The van der Waals surface area contributed by atoms with E-state index in [1.165, 1.54) is 29.1 Å². The molecule has 0 unspecified atom stereocenters. The number of aromatic nitrogens is 2. The second-order valence-electron chi connectivity index (χ2n) is 6.89. The minimum atomic E-state index is -3.86. The summed E-state index contributed by atoms with van der Waals surface area (Å²) in [5.74, 6) is -6.52. The fourth-order valence-electron chi connectivity index (χ4n) is 3.15. The molecule has 0 aliphatic heterocycles. The first-order chi connectivity index (χ1) is 14.7. The number of phenolic OH excluding ortho intramolecular Hbond substituents is 1. The van der Waals surface area contributed by atoms with Crippen molar-refractivity contribution in [3.63, 3.8) is 0 Å². The van der Waals surface area contributed by atoms with Crippen LogP contribution in [0.5, 0.6) is 5.75 Å². The molecule has 0 atom stereocenters. The average molecular weight is 474 g/mol. The molecule has 0 spiro atoms. The second kappa shape index (κ2) is 10.7. The van der Waals surface area contributed by atoms with Gasteiger partial charge in [-0.3, -0.25) is 4.79 Å². The Morgan fingerprint density at radius 2 is 1.84 bits per heavy atom. The summed E-state index contributed by atoms with van der Waals surface area (Å²) >= 11 is 0. The van der Waals surface area contributed by atoms with Crippen LogP contribution in [-0.4, -0.2) is 89.1 Å². The summed E-state index contributed by atoms with van der Waals surface area (Å²) in [6, 6.07) is 5.99. The van der Waals surface area contributed by atoms with Crippen molar-refractivity contribution in [2.75, 3.05) is 5.32 Å². The van der Waals surface area contributed by atoms with Gasteiger partial charge in [-0.2, -0.15) is 8.78 Å². The molecule has 0 fully saturated rings. The van der Waals surface area contributed by atoms with E-state index in [1.807, 2.05) is 5.32 Å². The molecule has 3 rings (SSSR count). The van der Waals surface area contributed by atoms with Crippen molar-refractivity contribution in [2.45, 2.75) is 39.2 Å². The molecule has 1 aromatic carbocycles. The predicted molar refractivity (Wildman–Crippen MR) is 114 cm³/mol. The number of aryl methyl sites for hydroxylation is 1. The van der Waals surface area contributed by atoms with Crippen molar-refractivity contribution >= 4 is 68.9 Å². The number of amides is 1. The van der Waals surface area contributed by atoms with Crippen LogP contribution in [0.3, 0.4) is 0 Å². The normalized spacial score (nSPS) is 11.1. The van der Waals surface area contributed by atoms with Gasteiger partial charge in [0.1, 0.15) is 11.3 Å². The van der Waals surface area contributed by atoms with Crippen LogP contribution in [0.4, 0.5) is 14.5 Å². The average Bonchev–Trinajstić information content (AvgIpc) is 3.32. The first-order valence-electron chi connectivity index (χ1n) is 9.55. The SMILES string of the molecule is CCc1c(CC(F)(F)C(=O)Nc2cn(CC)cc2C(=O)O)noc1-c1ccc(O)cc1.[KH]. The van der Waals surface area contributed by atoms with Gasteiger partial charge in [0.05, 0.1) is 17.8 Å². The van der Waals surface area contributed by atoms with Gasteiger partial charge in [0.15, 0.2) is 5.76 Å². The molecular formula is C21H22F2KN3O5. The Morgan fingerprint density at radius 1 is 1.19 bits per heavy atom. The van der Waals surface area contributed by atoms with Crippen molar-refractivity contribution in [3.8, 4) is 17.1 Å². The van der Waals surface area contributed by atoms with Crippen molar-refractivity contribution in [2.24, 2.45) is 0 Å². The van der Waals surface area contributed by atoms with E-state index in [4.69, 9.17) is 4.52 Å². The number of carbonyl (C=O) groups is 2. The van der Waals surface area contributed by atoms with E-state index in [2.05, 4.69) is 5.16 Å². The Labute approximate surface area is 225 Å². The molecule has 0 bridgehead atoms. The molecule has 0 aliphatic rings. The standard InChI is InChI=1S/C21H21F2N3O5.K.H/c1-3-14-16(25-31-18(14)12-5-7-13(27)8-6-12)9-21(22,23)20(30)24-17-11-26(4-2)10-15(17)19(28)29;;/h5-8,10-11,27H,3-4,9H2,1-2H3,(H,24,30)(H,28,29);;. The molecule has 0 radical (unpaired) electrons. The number of anilines is 1. The number of carboxylic acid groups (broad SMARTS) is 1. The number of phenols is 1. The second-order valence-corrected chi connectivity index (χ2v) is 6.89. The van der Waals surface area contributed by atoms with Gasteiger partial charge in [0, 0.05) is 30.1 Å². The summed E-state index contributed by atoms with van der Waals surface area (Å²) in [5, 5.41) is 24.4. The third-order valence-electron chi connectivity index (χ3n) is 4.80. The number of aromatic hydroxyl groups is 1. The first-order valence-corrected chi connectivity index (χ1v) is 9.55. The van der Waals surface area contributed by atoms with E-state index < -0.39 is 24.2 Å². The molecule has 8 nitrogen and oxygen atoms in total. The monoisotopic (exact) mass is 473 g/mol. The fraction of sp³-hybridized carbons (Fsp3) is 0.286. The maximum atomic E-state index is 14.7. The van der Waals surface area contributed by atoms with Crippen LogP contribution in [0.15, 0.2) is 41.2 Å². The van der Waals surface area contributed by atoms with Crippen LogP contribution >= 0.6 is 0 Å². The third-order valence-corrected chi connectivity index (χ3v) is 4.80. The van der Waals surface area contributed by atoms with E-state index in [9.17, 15) is 28.6 Å². The van der Waals surface area contributed by atoms with Crippen LogP contribution in [0.25, 0.3) is 11.3 Å². The minimum absolute atomic E-state index is 0. The number of carbonyl (C=O) groups excluding carboxylic acids is 1. The van der Waals surface area contributed by atoms with Gasteiger partial charge >= 0.3 is 63.3 Å². The summed E-state index contributed by atoms with van der Waals surface area (Å²) in [6.45, 7) is 3.89. The van der Waals surface area contributed by atoms with Crippen LogP contribution in [-0.2, 0) is 24.2 Å². The Morgan fingerprint density at radius 3 is 2.41 bits per heavy atom. The molecule has 0 saturated heterocycles. The summed E-state index contributed by atoms with van der Waals surface area (Å²) in [4.78, 5) is 23.6. The summed E-state index contributed by atoms with van der Waals surface area (Å²) in [5.41, 5.74) is 0.404. The summed E-state index contributed by atoms with van der Waals surface area (Å²) in [7, 11) is 0. The van der Waals surface area contributed by atoms with Gasteiger partial charge in [-0.05, 0) is 37.6 Å². The third kappa shape index (κ3) is 5.65. The van der Waals surface area contributed by atoms with E-state index in [-0.39, 0.29) is 79.8 Å². The number of alkyl halides is 2. The quantitative estimate of drug-likeness (QED) is 0.432. The Bertz CT molecular complexity index is 1110. The Hall–Kier alpha value is -2.05. The van der Waals surface area contributed by atoms with E-state index in [0.29, 0.717) is 24.1 Å². The number of aromatic carboxylic acids is 1. The van der Waals surface area contributed by atoms with E-state index >= 15 is 0 Å². The molecule has 1 amide bonds. The molecule has 3 aromatic rings. The van der Waals surface area contributed by atoms with Gasteiger partial charge in [-0.15, -0.1) is 0 Å². The Balaban J connectivity index is 0.00000363. The van der Waals surface area contributed by atoms with Gasteiger partial charge in [-0.25, -0.2) is 4.79 Å². The predicted octanol–water partition coefficient (Wildman–Crippen LogP) is 3.30.